The number of fused-ring (bicyclic) bond motifs is 1. The highest BCUT2D eigenvalue weighted by atomic mass is 35.5. The summed E-state index contributed by atoms with van der Waals surface area (Å²) in [5.74, 6) is -0.186. The van der Waals surface area contributed by atoms with Crippen molar-refractivity contribution in [1.82, 2.24) is 15.2 Å². The zero-order chi connectivity index (χ0) is 26.6. The number of hydrogen-bond donors (Lipinski definition) is 1. The number of hydrazone groups is 1. The van der Waals surface area contributed by atoms with Gasteiger partial charge in [-0.15, -0.1) is 4.40 Å². The standard InChI is InChI=1S/C26H28ClN5O4S/c1-31(2)17-29-37(34,35)25-14-20(30-26(33)12-18-8-4-6-10-22(18)27)13-23-21(25)15-28-32(23)16-19-9-5-7-11-24(19)36-3/h4-11,13-15,17,21,23H,12,16H2,1-3H3,(H,30,33). The summed E-state index contributed by atoms with van der Waals surface area (Å²) in [6, 6.07) is 14.2. The molecule has 0 saturated carbocycles. The Morgan fingerprint density at radius 3 is 2.59 bits per heavy atom. The Morgan fingerprint density at radius 2 is 1.89 bits per heavy atom. The average molecular weight is 542 g/mol. The van der Waals surface area contributed by atoms with E-state index in [1.54, 1.807) is 56.7 Å². The SMILES string of the molecule is COc1ccccc1CN1N=CC2C(S(=O)(=O)N=CN(C)C)=CC(NC(=O)Cc3ccccc3Cl)=CC21. The second-order valence-electron chi connectivity index (χ2n) is 8.83. The molecule has 2 aromatic rings. The van der Waals surface area contributed by atoms with E-state index in [0.29, 0.717) is 28.6 Å². The topological polar surface area (TPSA) is 104 Å². The average Bonchev–Trinajstić information content (AvgIpc) is 3.26. The maximum absolute atomic E-state index is 13.2. The van der Waals surface area contributed by atoms with Gasteiger partial charge in [-0.1, -0.05) is 48.0 Å². The molecule has 2 unspecified atom stereocenters. The summed E-state index contributed by atoms with van der Waals surface area (Å²) in [5.41, 5.74) is 1.92. The minimum Gasteiger partial charge on any atom is -0.496 e. The van der Waals surface area contributed by atoms with Crippen molar-refractivity contribution in [2.24, 2.45) is 15.4 Å². The highest BCUT2D eigenvalue weighted by molar-refractivity contribution is 7.94. The predicted octanol–water partition coefficient (Wildman–Crippen LogP) is 3.19. The van der Waals surface area contributed by atoms with E-state index in [9.17, 15) is 13.2 Å². The monoisotopic (exact) mass is 541 g/mol. The lowest BCUT2D eigenvalue weighted by atomic mass is 9.94. The molecule has 4 rings (SSSR count). The van der Waals surface area contributed by atoms with E-state index in [-0.39, 0.29) is 17.2 Å². The number of carbonyl (C=O) groups excluding carboxylic acids is 1. The van der Waals surface area contributed by atoms with E-state index in [4.69, 9.17) is 16.3 Å². The minimum atomic E-state index is -4.04. The summed E-state index contributed by atoms with van der Waals surface area (Å²) in [6.07, 6.45) is 6.14. The summed E-state index contributed by atoms with van der Waals surface area (Å²) < 4.78 is 35.7. The Bertz CT molecular complexity index is 1400. The Balaban J connectivity index is 1.64. The van der Waals surface area contributed by atoms with Crippen LogP contribution in [0.1, 0.15) is 11.1 Å². The molecule has 0 fully saturated rings. The molecule has 0 radical (unpaired) electrons. The summed E-state index contributed by atoms with van der Waals surface area (Å²) in [6.45, 7) is 0.382. The highest BCUT2D eigenvalue weighted by Gasteiger charge is 2.40. The van der Waals surface area contributed by atoms with Crippen LogP contribution in [0.3, 0.4) is 0 Å². The van der Waals surface area contributed by atoms with Gasteiger partial charge >= 0.3 is 0 Å². The summed E-state index contributed by atoms with van der Waals surface area (Å²) in [4.78, 5) is 14.5. The lowest BCUT2D eigenvalue weighted by Crippen LogP contribution is -2.37. The lowest BCUT2D eigenvalue weighted by molar-refractivity contribution is -0.119. The van der Waals surface area contributed by atoms with Crippen LogP contribution in [-0.2, 0) is 27.8 Å². The molecule has 1 N–H and O–H groups in total. The molecule has 0 saturated heterocycles. The van der Waals surface area contributed by atoms with Crippen LogP contribution in [0.5, 0.6) is 5.75 Å². The molecular formula is C26H28ClN5O4S. The Kier molecular flexibility index (Phi) is 7.99. The molecule has 37 heavy (non-hydrogen) atoms. The van der Waals surface area contributed by atoms with Crippen LogP contribution in [-0.4, -0.2) is 64.0 Å². The van der Waals surface area contributed by atoms with E-state index >= 15 is 0 Å². The van der Waals surface area contributed by atoms with E-state index in [2.05, 4.69) is 14.8 Å². The van der Waals surface area contributed by atoms with Crippen molar-refractivity contribution in [3.8, 4) is 5.75 Å². The molecule has 0 bridgehead atoms. The van der Waals surface area contributed by atoms with Gasteiger partial charge in [-0.2, -0.15) is 13.5 Å². The van der Waals surface area contributed by atoms with Crippen molar-refractivity contribution in [2.75, 3.05) is 21.2 Å². The number of para-hydroxylation sites is 1. The molecule has 2 atom stereocenters. The maximum atomic E-state index is 13.2. The van der Waals surface area contributed by atoms with E-state index in [1.165, 1.54) is 17.3 Å². The first-order chi connectivity index (χ1) is 17.7. The second kappa shape index (κ2) is 11.2. The number of methoxy groups -OCH3 is 1. The molecule has 11 heteroatoms. The number of carbonyl (C=O) groups is 1. The van der Waals surface area contributed by atoms with Crippen molar-refractivity contribution in [2.45, 2.75) is 19.0 Å². The smallest absolute Gasteiger partial charge is 0.280 e. The van der Waals surface area contributed by atoms with Crippen LogP contribution in [0.25, 0.3) is 0 Å². The number of nitrogens with zero attached hydrogens (tertiary/aromatic N) is 4. The highest BCUT2D eigenvalue weighted by Crippen LogP contribution is 2.36. The molecule has 0 aromatic heterocycles. The molecule has 9 nitrogen and oxygen atoms in total. The van der Waals surface area contributed by atoms with Crippen molar-refractivity contribution in [3.05, 3.63) is 87.4 Å². The zero-order valence-corrected chi connectivity index (χ0v) is 22.3. The molecule has 1 aliphatic carbocycles. The molecule has 0 spiro atoms. The van der Waals surface area contributed by atoms with Gasteiger partial charge in [0.2, 0.25) is 5.91 Å². The van der Waals surface area contributed by atoms with Gasteiger partial charge in [0.25, 0.3) is 10.0 Å². The fourth-order valence-electron chi connectivity index (χ4n) is 4.14. The van der Waals surface area contributed by atoms with E-state index in [0.717, 1.165) is 5.56 Å². The van der Waals surface area contributed by atoms with Gasteiger partial charge in [0.1, 0.15) is 12.1 Å². The fourth-order valence-corrected chi connectivity index (χ4v) is 5.59. The first-order valence-electron chi connectivity index (χ1n) is 11.5. The van der Waals surface area contributed by atoms with Gasteiger partial charge in [0.15, 0.2) is 0 Å². The zero-order valence-electron chi connectivity index (χ0n) is 20.7. The number of hydrogen-bond acceptors (Lipinski definition) is 6. The maximum Gasteiger partial charge on any atom is 0.280 e. The van der Waals surface area contributed by atoms with Crippen LogP contribution < -0.4 is 10.1 Å². The molecule has 1 aliphatic heterocycles. The Hall–Kier alpha value is -3.63. The quantitative estimate of drug-likeness (QED) is 0.386. The molecule has 1 heterocycles. The minimum absolute atomic E-state index is 0.0429. The third kappa shape index (κ3) is 6.20. The first-order valence-corrected chi connectivity index (χ1v) is 13.4. The molecule has 1 amide bonds. The van der Waals surface area contributed by atoms with Gasteiger partial charge in [-0.25, -0.2) is 0 Å². The summed E-state index contributed by atoms with van der Waals surface area (Å²) in [7, 11) is 0.920. The Morgan fingerprint density at radius 1 is 1.19 bits per heavy atom. The Labute approximate surface area is 221 Å². The summed E-state index contributed by atoms with van der Waals surface area (Å²) >= 11 is 6.21. The second-order valence-corrected chi connectivity index (χ2v) is 10.9. The molecule has 2 aromatic carbocycles. The third-order valence-electron chi connectivity index (χ3n) is 5.90. The molecular weight excluding hydrogens is 514 g/mol. The number of allylic oxidation sites excluding steroid dienone is 1. The van der Waals surface area contributed by atoms with Crippen LogP contribution in [0.2, 0.25) is 5.02 Å². The van der Waals surface area contributed by atoms with Crippen molar-refractivity contribution in [3.63, 3.8) is 0 Å². The number of ether oxygens (including phenoxy) is 1. The van der Waals surface area contributed by atoms with Gasteiger partial charge in [0.05, 0.1) is 36.9 Å². The number of nitrogens with one attached hydrogen (secondary N) is 1. The van der Waals surface area contributed by atoms with Crippen LogP contribution in [0.15, 0.2) is 80.8 Å². The normalized spacial score (nSPS) is 18.9. The number of benzene rings is 2. The number of halogens is 1. The van der Waals surface area contributed by atoms with Crippen LogP contribution in [0, 0.1) is 5.92 Å². The molecule has 194 valence electrons. The van der Waals surface area contributed by atoms with Crippen LogP contribution in [0.4, 0.5) is 0 Å². The lowest BCUT2D eigenvalue weighted by Gasteiger charge is -2.30. The van der Waals surface area contributed by atoms with Gasteiger partial charge < -0.3 is 15.0 Å². The number of rotatable bonds is 9. The number of amides is 1. The van der Waals surface area contributed by atoms with Crippen molar-refractivity contribution in [1.29, 1.82) is 0 Å². The first kappa shape index (κ1) is 26.4. The third-order valence-corrected chi connectivity index (χ3v) is 7.62. The van der Waals surface area contributed by atoms with Gasteiger partial charge in [0, 0.05) is 36.6 Å². The van der Waals surface area contributed by atoms with Crippen LogP contribution >= 0.6 is 11.6 Å². The van der Waals surface area contributed by atoms with E-state index in [1.807, 2.05) is 30.3 Å². The number of sulfonamides is 1. The molecule has 2 aliphatic rings. The fraction of sp³-hybridized carbons (Fsp3) is 0.269. The van der Waals surface area contributed by atoms with Crippen molar-refractivity contribution >= 4 is 40.1 Å². The predicted molar refractivity (Wildman–Crippen MR) is 145 cm³/mol. The van der Waals surface area contributed by atoms with E-state index < -0.39 is 22.0 Å². The van der Waals surface area contributed by atoms with Crippen molar-refractivity contribution < 1.29 is 17.9 Å². The van der Waals surface area contributed by atoms with Gasteiger partial charge in [-0.3, -0.25) is 9.80 Å². The largest absolute Gasteiger partial charge is 0.496 e. The summed E-state index contributed by atoms with van der Waals surface area (Å²) in [5, 5.41) is 9.61. The van der Waals surface area contributed by atoms with Gasteiger partial charge in [-0.05, 0) is 29.8 Å².